The fourth-order valence-corrected chi connectivity index (χ4v) is 6.90. The summed E-state index contributed by atoms with van der Waals surface area (Å²) in [5, 5.41) is 19.5. The van der Waals surface area contributed by atoms with Gasteiger partial charge in [-0.25, -0.2) is 4.39 Å². The molecule has 6 aromatic carbocycles. The van der Waals surface area contributed by atoms with Crippen LogP contribution >= 0.6 is 0 Å². The van der Waals surface area contributed by atoms with Crippen LogP contribution in [0.5, 0.6) is 0 Å². The van der Waals surface area contributed by atoms with Crippen LogP contribution in [-0.2, 0) is 11.1 Å². The van der Waals surface area contributed by atoms with Gasteiger partial charge in [-0.2, -0.15) is 0 Å². The van der Waals surface area contributed by atoms with Crippen LogP contribution in [0.3, 0.4) is 0 Å². The third-order valence-corrected chi connectivity index (χ3v) is 10.2. The molecule has 9 aromatic rings. The summed E-state index contributed by atoms with van der Waals surface area (Å²) in [5.41, 5.74) is 10.4. The summed E-state index contributed by atoms with van der Waals surface area (Å²) in [6.45, 7) is 9.66. The van der Waals surface area contributed by atoms with E-state index in [0.29, 0.717) is 29.1 Å². The maximum Gasteiger partial charge on any atom is 0.248 e. The Hall–Kier alpha value is -6.67. The number of nitrogens with one attached hydrogen (secondary N) is 1. The van der Waals surface area contributed by atoms with Crippen molar-refractivity contribution in [3.05, 3.63) is 145 Å². The molecule has 9 rings (SSSR count). The van der Waals surface area contributed by atoms with Crippen LogP contribution in [0.4, 0.5) is 4.39 Å². The molecule has 0 radical (unpaired) electrons. The van der Waals surface area contributed by atoms with Gasteiger partial charge in [-0.15, -0.1) is 20.4 Å². The molecular weight excluding hydrogens is 686 g/mol. The highest BCUT2D eigenvalue weighted by atomic mass is 19.1. The second-order valence-electron chi connectivity index (χ2n) is 15.5. The van der Waals surface area contributed by atoms with Crippen molar-refractivity contribution in [1.29, 1.82) is 0 Å². The first-order chi connectivity index (χ1) is 26.5. The minimum atomic E-state index is -1.42. The molecule has 0 bridgehead atoms. The molecule has 0 unspecified atom stereocenters. The molecule has 0 fully saturated rings. The van der Waals surface area contributed by atoms with Crippen molar-refractivity contribution in [1.82, 2.24) is 25.4 Å². The molecule has 55 heavy (non-hydrogen) atoms. The summed E-state index contributed by atoms with van der Waals surface area (Å²) in [4.78, 5) is 3.57. The van der Waals surface area contributed by atoms with Gasteiger partial charge >= 0.3 is 0 Å². The Labute approximate surface area is 317 Å². The van der Waals surface area contributed by atoms with Crippen molar-refractivity contribution >= 4 is 21.8 Å². The van der Waals surface area contributed by atoms with Gasteiger partial charge in [0, 0.05) is 44.1 Å². The van der Waals surface area contributed by atoms with Gasteiger partial charge < -0.3 is 13.8 Å². The average Bonchev–Trinajstić information content (AvgIpc) is 3.97. The lowest BCUT2D eigenvalue weighted by molar-refractivity contribution is 0.221. The zero-order valence-corrected chi connectivity index (χ0v) is 31.2. The molecule has 0 saturated carbocycles. The first kappa shape index (κ1) is 34.1. The molecule has 0 saturated heterocycles. The Bertz CT molecular complexity index is 2610. The monoisotopic (exact) mass is 723 g/mol. The van der Waals surface area contributed by atoms with Crippen LogP contribution in [0, 0.1) is 0 Å². The lowest BCUT2D eigenvalue weighted by Gasteiger charge is -2.18. The van der Waals surface area contributed by atoms with E-state index in [1.807, 2.05) is 36.4 Å². The lowest BCUT2D eigenvalue weighted by atomic mass is 9.87. The molecular formula is C47H38FN5O2. The van der Waals surface area contributed by atoms with E-state index in [1.165, 1.54) is 19.4 Å². The topological polar surface area (TPSA) is 93.6 Å². The zero-order chi connectivity index (χ0) is 37.9. The molecule has 1 N–H and O–H groups in total. The van der Waals surface area contributed by atoms with Crippen LogP contribution in [0.2, 0.25) is 0 Å². The Morgan fingerprint density at radius 3 is 1.05 bits per heavy atom. The first-order valence-corrected chi connectivity index (χ1v) is 18.3. The first-order valence-electron chi connectivity index (χ1n) is 18.3. The molecule has 0 aliphatic heterocycles. The van der Waals surface area contributed by atoms with Crippen molar-refractivity contribution < 1.29 is 13.2 Å². The van der Waals surface area contributed by atoms with Crippen molar-refractivity contribution in [3.8, 4) is 68.1 Å². The fraction of sp³-hybridized carbons (Fsp3) is 0.149. The quantitative estimate of drug-likeness (QED) is 0.176. The highest BCUT2D eigenvalue weighted by Crippen LogP contribution is 2.35. The number of halogens is 1. The Balaban J connectivity index is 0.938. The Kier molecular flexibility index (Phi) is 8.08. The number of fused-ring (bicyclic) bond motifs is 3. The van der Waals surface area contributed by atoms with Crippen molar-refractivity contribution in [2.45, 2.75) is 45.7 Å². The predicted molar refractivity (Wildman–Crippen MR) is 217 cm³/mol. The molecule has 0 aliphatic rings. The molecule has 8 heteroatoms. The van der Waals surface area contributed by atoms with E-state index in [1.54, 1.807) is 24.3 Å². The molecule has 3 heterocycles. The fourth-order valence-electron chi connectivity index (χ4n) is 6.90. The maximum absolute atomic E-state index is 14.3. The van der Waals surface area contributed by atoms with Gasteiger partial charge in [0.2, 0.25) is 23.6 Å². The van der Waals surface area contributed by atoms with Crippen LogP contribution in [0.25, 0.3) is 89.9 Å². The number of hydrogen-bond donors (Lipinski definition) is 1. The van der Waals surface area contributed by atoms with Crippen LogP contribution in [-0.4, -0.2) is 25.4 Å². The molecule has 270 valence electrons. The average molecular weight is 724 g/mol. The second-order valence-corrected chi connectivity index (χ2v) is 15.5. The molecule has 7 nitrogen and oxygen atoms in total. The summed E-state index contributed by atoms with van der Waals surface area (Å²) in [6, 6.07) is 44.7. The van der Waals surface area contributed by atoms with Crippen LogP contribution < -0.4 is 0 Å². The normalized spacial score (nSPS) is 12.2. The number of aromatic nitrogens is 5. The number of hydrogen-bond acceptors (Lipinski definition) is 6. The van der Waals surface area contributed by atoms with Crippen molar-refractivity contribution in [2.24, 2.45) is 0 Å². The minimum absolute atomic E-state index is 0.0771. The van der Waals surface area contributed by atoms with Gasteiger partial charge in [0.15, 0.2) is 0 Å². The third kappa shape index (κ3) is 6.61. The number of nitrogens with zero attached hydrogens (tertiary/aromatic N) is 4. The largest absolute Gasteiger partial charge is 0.416 e. The number of rotatable bonds is 7. The van der Waals surface area contributed by atoms with Gasteiger partial charge in [-0.05, 0) is 125 Å². The summed E-state index contributed by atoms with van der Waals surface area (Å²) in [6.07, 6.45) is 0. The molecule has 0 atom stereocenters. The van der Waals surface area contributed by atoms with Crippen molar-refractivity contribution in [3.63, 3.8) is 0 Å². The molecule has 3 aromatic heterocycles. The minimum Gasteiger partial charge on any atom is -0.416 e. The lowest BCUT2D eigenvalue weighted by Crippen LogP contribution is -2.10. The van der Waals surface area contributed by atoms with E-state index < -0.39 is 5.67 Å². The van der Waals surface area contributed by atoms with E-state index in [-0.39, 0.29) is 5.41 Å². The van der Waals surface area contributed by atoms with E-state index >= 15 is 0 Å². The van der Waals surface area contributed by atoms with Gasteiger partial charge in [0.05, 0.1) is 0 Å². The smallest absolute Gasteiger partial charge is 0.248 e. The van der Waals surface area contributed by atoms with E-state index in [0.717, 1.165) is 66.3 Å². The number of benzene rings is 6. The van der Waals surface area contributed by atoms with Crippen LogP contribution in [0.1, 0.15) is 45.7 Å². The number of aromatic amines is 1. The maximum atomic E-state index is 14.3. The Morgan fingerprint density at radius 1 is 0.400 bits per heavy atom. The second kappa shape index (κ2) is 13.0. The third-order valence-electron chi connectivity index (χ3n) is 10.2. The highest BCUT2D eigenvalue weighted by molar-refractivity contribution is 6.09. The van der Waals surface area contributed by atoms with E-state index in [2.05, 4.69) is 119 Å². The van der Waals surface area contributed by atoms with Gasteiger partial charge in [-0.1, -0.05) is 81.4 Å². The summed E-state index contributed by atoms with van der Waals surface area (Å²) >= 11 is 0. The van der Waals surface area contributed by atoms with Gasteiger partial charge in [-0.3, -0.25) is 0 Å². The molecule has 0 amide bonds. The van der Waals surface area contributed by atoms with Crippen molar-refractivity contribution in [2.75, 3.05) is 0 Å². The number of H-pyrrole nitrogens is 1. The van der Waals surface area contributed by atoms with E-state index in [4.69, 9.17) is 8.83 Å². The number of alkyl halides is 1. The van der Waals surface area contributed by atoms with Gasteiger partial charge in [0.25, 0.3) is 0 Å². The van der Waals surface area contributed by atoms with E-state index in [9.17, 15) is 4.39 Å². The highest BCUT2D eigenvalue weighted by Gasteiger charge is 2.20. The summed E-state index contributed by atoms with van der Waals surface area (Å²) in [7, 11) is 0. The van der Waals surface area contributed by atoms with Crippen LogP contribution in [0.15, 0.2) is 142 Å². The Morgan fingerprint density at radius 2 is 0.709 bits per heavy atom. The summed E-state index contributed by atoms with van der Waals surface area (Å²) < 4.78 is 26.4. The predicted octanol–water partition coefficient (Wildman–Crippen LogP) is 12.6. The summed E-state index contributed by atoms with van der Waals surface area (Å²) in [5.74, 6) is 1.81. The molecule has 0 spiro atoms. The SMILES string of the molecule is CC(C)(C)c1ccc(-c2nnc(-c3ccc(-c4ccc5[nH]c6ccc(-c7ccc(-c8nnc(-c9ccc(C(C)(C)F)cc9)o8)cc7)cc6c5c4)cc3)o2)cc1. The molecule has 0 aliphatic carbocycles. The standard InChI is InChI=1S/C47H38FN5O2/c1-46(2,3)36-20-14-32(15-21-36)44-52-50-42(54-44)30-10-6-28(7-11-30)34-18-24-40-38(26-34)39-27-35(19-25-41(39)49-40)29-8-12-31(13-9-29)43-51-53-45(55-43)33-16-22-37(23-17-33)47(4,5)48/h6-27,49H,1-5H3. The van der Waals surface area contributed by atoms with Gasteiger partial charge in [0.1, 0.15) is 5.67 Å². The zero-order valence-electron chi connectivity index (χ0n) is 31.2.